The molecule has 0 atom stereocenters. The van der Waals surface area contributed by atoms with Gasteiger partial charge in [-0.25, -0.2) is 9.97 Å². The molecule has 0 saturated carbocycles. The molecule has 1 aromatic carbocycles. The number of nitrogens with zero attached hydrogens (tertiary/aromatic N) is 2. The van der Waals surface area contributed by atoms with Crippen LogP contribution in [0.25, 0.3) is 10.8 Å². The van der Waals surface area contributed by atoms with Gasteiger partial charge in [-0.1, -0.05) is 23.2 Å². The maximum Gasteiger partial charge on any atom is 0.230 e. The molecular weight excluding hydrogens is 283 g/mol. The zero-order valence-electron chi connectivity index (χ0n) is 9.68. The first-order valence-electron chi connectivity index (χ1n) is 5.57. The molecule has 2 heterocycles. The quantitative estimate of drug-likeness (QED) is 0.640. The van der Waals surface area contributed by atoms with E-state index in [-0.39, 0.29) is 0 Å². The van der Waals surface area contributed by atoms with E-state index < -0.39 is 0 Å². The predicted molar refractivity (Wildman–Crippen MR) is 76.1 cm³/mol. The number of aromatic nitrogens is 2. The van der Waals surface area contributed by atoms with Gasteiger partial charge in [-0.2, -0.15) is 0 Å². The van der Waals surface area contributed by atoms with E-state index in [2.05, 4.69) is 9.97 Å². The topological polar surface area (TPSA) is 35.0 Å². The molecule has 0 aliphatic rings. The number of rotatable bonds is 2. The molecule has 3 nitrogen and oxygen atoms in total. The fourth-order valence-electron chi connectivity index (χ4n) is 1.74. The highest BCUT2D eigenvalue weighted by Gasteiger charge is 2.09. The van der Waals surface area contributed by atoms with Crippen LogP contribution in [0.15, 0.2) is 48.8 Å². The molecule has 3 aromatic rings. The van der Waals surface area contributed by atoms with Gasteiger partial charge < -0.3 is 4.74 Å². The maximum absolute atomic E-state index is 6.10. The van der Waals surface area contributed by atoms with Crippen molar-refractivity contribution in [3.8, 4) is 11.6 Å². The molecule has 0 aliphatic carbocycles. The molecule has 0 N–H and O–H groups in total. The Kier molecular flexibility index (Phi) is 3.23. The minimum Gasteiger partial charge on any atom is -0.438 e. The van der Waals surface area contributed by atoms with Gasteiger partial charge in [-0.15, -0.1) is 0 Å². The smallest absolute Gasteiger partial charge is 0.230 e. The van der Waals surface area contributed by atoms with E-state index in [4.69, 9.17) is 27.9 Å². The fourth-order valence-corrected chi connectivity index (χ4v) is 2.11. The summed E-state index contributed by atoms with van der Waals surface area (Å²) < 4.78 is 5.73. The van der Waals surface area contributed by atoms with Crippen LogP contribution in [0.3, 0.4) is 0 Å². The SMILES string of the molecule is Clc1ccc(Oc2nccc3ccnc(Cl)c23)cc1. The van der Waals surface area contributed by atoms with Crippen molar-refractivity contribution in [2.75, 3.05) is 0 Å². The normalized spacial score (nSPS) is 10.6. The standard InChI is InChI=1S/C14H8Cl2N2O/c15-10-1-3-11(4-2-10)19-14-12-9(6-8-18-14)5-7-17-13(12)16/h1-8H. The third-order valence-corrected chi connectivity index (χ3v) is 3.16. The molecule has 0 fully saturated rings. The van der Waals surface area contributed by atoms with E-state index in [1.54, 1.807) is 36.7 Å². The Morgan fingerprint density at radius 3 is 2.26 bits per heavy atom. The number of benzene rings is 1. The number of pyridine rings is 2. The first kappa shape index (κ1) is 12.2. The molecule has 5 heteroatoms. The highest BCUT2D eigenvalue weighted by molar-refractivity contribution is 6.34. The van der Waals surface area contributed by atoms with Gasteiger partial charge in [0.1, 0.15) is 10.9 Å². The summed E-state index contributed by atoms with van der Waals surface area (Å²) in [5, 5.41) is 2.65. The fraction of sp³-hybridized carbons (Fsp3) is 0. The van der Waals surface area contributed by atoms with Crippen molar-refractivity contribution in [3.63, 3.8) is 0 Å². The molecular formula is C14H8Cl2N2O. The summed E-state index contributed by atoms with van der Waals surface area (Å²) >= 11 is 11.9. The van der Waals surface area contributed by atoms with Gasteiger partial charge in [0.05, 0.1) is 5.39 Å². The molecule has 2 aromatic heterocycles. The number of hydrogen-bond donors (Lipinski definition) is 0. The minimum absolute atomic E-state index is 0.370. The Balaban J connectivity index is 2.08. The third kappa shape index (κ3) is 2.48. The first-order chi connectivity index (χ1) is 9.24. The Labute approximate surface area is 119 Å². The molecule has 0 amide bonds. The number of hydrogen-bond acceptors (Lipinski definition) is 3. The number of ether oxygens (including phenoxy) is 1. The summed E-state index contributed by atoms with van der Waals surface area (Å²) in [4.78, 5) is 8.25. The van der Waals surface area contributed by atoms with Crippen LogP contribution < -0.4 is 4.74 Å². The lowest BCUT2D eigenvalue weighted by molar-refractivity contribution is 0.469. The largest absolute Gasteiger partial charge is 0.438 e. The predicted octanol–water partition coefficient (Wildman–Crippen LogP) is 4.73. The van der Waals surface area contributed by atoms with Gasteiger partial charge in [0.15, 0.2) is 0 Å². The molecule has 19 heavy (non-hydrogen) atoms. The second-order valence-electron chi connectivity index (χ2n) is 3.87. The van der Waals surface area contributed by atoms with E-state index in [9.17, 15) is 0 Å². The molecule has 0 unspecified atom stereocenters. The van der Waals surface area contributed by atoms with E-state index in [0.29, 0.717) is 27.2 Å². The van der Waals surface area contributed by atoms with Crippen LogP contribution >= 0.6 is 23.2 Å². The van der Waals surface area contributed by atoms with Crippen molar-refractivity contribution >= 4 is 34.0 Å². The first-order valence-corrected chi connectivity index (χ1v) is 6.32. The molecule has 3 rings (SSSR count). The summed E-state index contributed by atoms with van der Waals surface area (Å²) in [5.74, 6) is 1.07. The summed E-state index contributed by atoms with van der Waals surface area (Å²) in [7, 11) is 0. The second kappa shape index (κ2) is 5.03. The van der Waals surface area contributed by atoms with Crippen molar-refractivity contribution in [2.45, 2.75) is 0 Å². The third-order valence-electron chi connectivity index (χ3n) is 2.62. The monoisotopic (exact) mass is 290 g/mol. The average molecular weight is 291 g/mol. The van der Waals surface area contributed by atoms with Crippen LogP contribution in [0, 0.1) is 0 Å². The highest BCUT2D eigenvalue weighted by Crippen LogP contribution is 2.31. The second-order valence-corrected chi connectivity index (χ2v) is 4.67. The summed E-state index contributed by atoms with van der Waals surface area (Å²) in [6, 6.07) is 10.8. The lowest BCUT2D eigenvalue weighted by Gasteiger charge is -2.08. The van der Waals surface area contributed by atoms with Gasteiger partial charge in [-0.3, -0.25) is 0 Å². The maximum atomic E-state index is 6.10. The molecule has 0 aliphatic heterocycles. The lowest BCUT2D eigenvalue weighted by atomic mass is 10.2. The molecule has 94 valence electrons. The summed E-state index contributed by atoms with van der Waals surface area (Å²) in [5.41, 5.74) is 0. The average Bonchev–Trinajstić information content (AvgIpc) is 2.42. The van der Waals surface area contributed by atoms with Crippen molar-refractivity contribution in [1.29, 1.82) is 0 Å². The van der Waals surface area contributed by atoms with E-state index >= 15 is 0 Å². The Bertz CT molecular complexity index is 724. The number of fused-ring (bicyclic) bond motifs is 1. The molecule has 0 spiro atoms. The minimum atomic E-state index is 0.370. The van der Waals surface area contributed by atoms with Crippen LogP contribution in [0.2, 0.25) is 10.2 Å². The van der Waals surface area contributed by atoms with E-state index in [0.717, 1.165) is 5.39 Å². The van der Waals surface area contributed by atoms with Gasteiger partial charge in [0.2, 0.25) is 5.88 Å². The van der Waals surface area contributed by atoms with Gasteiger partial charge in [-0.05, 0) is 41.8 Å². The van der Waals surface area contributed by atoms with Crippen molar-refractivity contribution in [1.82, 2.24) is 9.97 Å². The van der Waals surface area contributed by atoms with Crippen LogP contribution in [0.5, 0.6) is 11.6 Å². The van der Waals surface area contributed by atoms with Crippen LogP contribution in [0.1, 0.15) is 0 Å². The Morgan fingerprint density at radius 1 is 0.842 bits per heavy atom. The van der Waals surface area contributed by atoms with E-state index in [1.807, 2.05) is 12.1 Å². The van der Waals surface area contributed by atoms with Crippen molar-refractivity contribution in [3.05, 3.63) is 59.0 Å². The Hall–Kier alpha value is -1.84. The molecule has 0 bridgehead atoms. The van der Waals surface area contributed by atoms with Gasteiger partial charge in [0, 0.05) is 17.4 Å². The summed E-state index contributed by atoms with van der Waals surface area (Å²) in [6.45, 7) is 0. The van der Waals surface area contributed by atoms with Crippen LogP contribution in [-0.2, 0) is 0 Å². The zero-order chi connectivity index (χ0) is 13.2. The number of halogens is 2. The summed E-state index contributed by atoms with van der Waals surface area (Å²) in [6.07, 6.45) is 3.32. The zero-order valence-corrected chi connectivity index (χ0v) is 11.2. The lowest BCUT2D eigenvalue weighted by Crippen LogP contribution is -1.90. The molecule has 0 radical (unpaired) electrons. The van der Waals surface area contributed by atoms with Crippen LogP contribution in [0.4, 0.5) is 0 Å². The van der Waals surface area contributed by atoms with Crippen molar-refractivity contribution < 1.29 is 4.74 Å². The van der Waals surface area contributed by atoms with Crippen molar-refractivity contribution in [2.24, 2.45) is 0 Å². The van der Waals surface area contributed by atoms with Gasteiger partial charge >= 0.3 is 0 Å². The molecule has 0 saturated heterocycles. The van der Waals surface area contributed by atoms with Gasteiger partial charge in [0.25, 0.3) is 0 Å². The van der Waals surface area contributed by atoms with E-state index in [1.165, 1.54) is 0 Å². The highest BCUT2D eigenvalue weighted by atomic mass is 35.5. The Morgan fingerprint density at radius 2 is 1.53 bits per heavy atom. The van der Waals surface area contributed by atoms with Crippen LogP contribution in [-0.4, -0.2) is 9.97 Å².